The summed E-state index contributed by atoms with van der Waals surface area (Å²) in [6, 6.07) is 0. The fourth-order valence-corrected chi connectivity index (χ4v) is 1.96. The molecule has 0 fully saturated rings. The Morgan fingerprint density at radius 2 is 1.94 bits per heavy atom. The second-order valence-electron chi connectivity index (χ2n) is 4.63. The predicted octanol–water partition coefficient (Wildman–Crippen LogP) is 2.41. The van der Waals surface area contributed by atoms with Crippen molar-refractivity contribution < 1.29 is 19.1 Å². The first-order valence-electron chi connectivity index (χ1n) is 5.23. The molecule has 0 saturated heterocycles. The van der Waals surface area contributed by atoms with Gasteiger partial charge in [-0.3, -0.25) is 4.90 Å². The van der Waals surface area contributed by atoms with Gasteiger partial charge in [0.1, 0.15) is 11.3 Å². The van der Waals surface area contributed by atoms with E-state index >= 15 is 0 Å². The lowest BCUT2D eigenvalue weighted by Gasteiger charge is -2.25. The standard InChI is InChI=1S/C11H16BrNO4/c1-11(2,3)17-10(15)13-6-5-7(12)8(13)9(14)16-4/h5-6H2,1-4H3. The molecule has 1 rings (SSSR count). The maximum Gasteiger partial charge on any atom is 0.415 e. The summed E-state index contributed by atoms with van der Waals surface area (Å²) in [7, 11) is 1.28. The zero-order chi connectivity index (χ0) is 13.2. The fraction of sp³-hybridized carbons (Fsp3) is 0.636. The van der Waals surface area contributed by atoms with Crippen LogP contribution >= 0.6 is 15.9 Å². The van der Waals surface area contributed by atoms with Crippen LogP contribution in [0.1, 0.15) is 27.2 Å². The molecule has 96 valence electrons. The molecule has 0 aromatic rings. The van der Waals surface area contributed by atoms with Gasteiger partial charge in [-0.05, 0) is 27.2 Å². The van der Waals surface area contributed by atoms with Crippen LogP contribution in [0.3, 0.4) is 0 Å². The van der Waals surface area contributed by atoms with Crippen molar-refractivity contribution in [3.05, 3.63) is 10.2 Å². The Bertz CT molecular complexity index is 370. The maximum atomic E-state index is 11.9. The van der Waals surface area contributed by atoms with Crippen molar-refractivity contribution in [2.75, 3.05) is 13.7 Å². The first-order valence-corrected chi connectivity index (χ1v) is 6.03. The summed E-state index contributed by atoms with van der Waals surface area (Å²) in [6.45, 7) is 5.74. The summed E-state index contributed by atoms with van der Waals surface area (Å²) < 4.78 is 10.5. The summed E-state index contributed by atoms with van der Waals surface area (Å²) in [5.74, 6) is -0.541. The second kappa shape index (κ2) is 5.08. The molecule has 0 aliphatic carbocycles. The van der Waals surface area contributed by atoms with Gasteiger partial charge in [-0.2, -0.15) is 0 Å². The lowest BCUT2D eigenvalue weighted by molar-refractivity contribution is -0.137. The molecule has 6 heteroatoms. The molecule has 0 unspecified atom stereocenters. The number of hydrogen-bond acceptors (Lipinski definition) is 4. The minimum atomic E-state index is -0.590. The summed E-state index contributed by atoms with van der Waals surface area (Å²) >= 11 is 3.26. The zero-order valence-electron chi connectivity index (χ0n) is 10.4. The van der Waals surface area contributed by atoms with Crippen LogP contribution in [0.15, 0.2) is 10.2 Å². The minimum absolute atomic E-state index is 0.224. The number of hydrogen-bond donors (Lipinski definition) is 0. The third kappa shape index (κ3) is 3.46. The normalized spacial score (nSPS) is 16.2. The van der Waals surface area contributed by atoms with Crippen molar-refractivity contribution in [3.8, 4) is 0 Å². The van der Waals surface area contributed by atoms with Crippen molar-refractivity contribution in [3.63, 3.8) is 0 Å². The molecule has 0 atom stereocenters. The van der Waals surface area contributed by atoms with E-state index in [2.05, 4.69) is 20.7 Å². The molecule has 1 aliphatic rings. The Kier molecular flexibility index (Phi) is 4.19. The zero-order valence-corrected chi connectivity index (χ0v) is 12.0. The van der Waals surface area contributed by atoms with Crippen LogP contribution in [-0.4, -0.2) is 36.2 Å². The van der Waals surface area contributed by atoms with Gasteiger partial charge in [-0.15, -0.1) is 0 Å². The first kappa shape index (κ1) is 14.0. The molecule has 1 heterocycles. The van der Waals surface area contributed by atoms with E-state index in [0.717, 1.165) is 0 Å². The SMILES string of the molecule is COC(=O)C1=C(Br)CCN1C(=O)OC(C)(C)C. The summed E-state index contributed by atoms with van der Waals surface area (Å²) in [5.41, 5.74) is -0.366. The Morgan fingerprint density at radius 3 is 2.41 bits per heavy atom. The number of carbonyl (C=O) groups is 2. The molecule has 0 aromatic carbocycles. The van der Waals surface area contributed by atoms with Gasteiger partial charge in [-0.1, -0.05) is 15.9 Å². The van der Waals surface area contributed by atoms with Gasteiger partial charge < -0.3 is 9.47 Å². The van der Waals surface area contributed by atoms with Crippen LogP contribution in [0.5, 0.6) is 0 Å². The molecule has 1 amide bonds. The summed E-state index contributed by atoms with van der Waals surface area (Å²) in [6.07, 6.45) is 0.0521. The maximum absolute atomic E-state index is 11.9. The molecule has 0 N–H and O–H groups in total. The van der Waals surface area contributed by atoms with Crippen molar-refractivity contribution in [1.29, 1.82) is 0 Å². The van der Waals surface area contributed by atoms with Crippen molar-refractivity contribution in [1.82, 2.24) is 4.90 Å². The van der Waals surface area contributed by atoms with Crippen LogP contribution in [0.2, 0.25) is 0 Å². The highest BCUT2D eigenvalue weighted by Gasteiger charge is 2.34. The molecular formula is C11H16BrNO4. The number of ether oxygens (including phenoxy) is 2. The van der Waals surface area contributed by atoms with Crippen molar-refractivity contribution in [2.24, 2.45) is 0 Å². The largest absolute Gasteiger partial charge is 0.464 e. The predicted molar refractivity (Wildman–Crippen MR) is 65.5 cm³/mol. The van der Waals surface area contributed by atoms with Gasteiger partial charge >= 0.3 is 12.1 Å². The molecule has 17 heavy (non-hydrogen) atoms. The van der Waals surface area contributed by atoms with E-state index in [4.69, 9.17) is 4.74 Å². The molecule has 0 saturated carbocycles. The van der Waals surface area contributed by atoms with Crippen molar-refractivity contribution >= 4 is 28.0 Å². The van der Waals surface area contributed by atoms with Gasteiger partial charge in [0, 0.05) is 11.0 Å². The van der Waals surface area contributed by atoms with Crippen LogP contribution < -0.4 is 0 Å². The molecular weight excluding hydrogens is 290 g/mol. The lowest BCUT2D eigenvalue weighted by atomic mass is 10.2. The topological polar surface area (TPSA) is 55.8 Å². The van der Waals surface area contributed by atoms with Gasteiger partial charge in [0.05, 0.1) is 7.11 Å². The van der Waals surface area contributed by atoms with E-state index in [1.807, 2.05) is 0 Å². The molecule has 0 bridgehead atoms. The van der Waals surface area contributed by atoms with E-state index in [1.54, 1.807) is 20.8 Å². The lowest BCUT2D eigenvalue weighted by Crippen LogP contribution is -2.37. The van der Waals surface area contributed by atoms with Gasteiger partial charge in [0.2, 0.25) is 0 Å². The third-order valence-electron chi connectivity index (χ3n) is 2.07. The minimum Gasteiger partial charge on any atom is -0.464 e. The summed E-state index contributed by atoms with van der Waals surface area (Å²) in [5, 5.41) is 0. The van der Waals surface area contributed by atoms with E-state index in [-0.39, 0.29) is 5.70 Å². The Hall–Kier alpha value is -1.04. The van der Waals surface area contributed by atoms with E-state index in [1.165, 1.54) is 12.0 Å². The van der Waals surface area contributed by atoms with Gasteiger partial charge in [0.25, 0.3) is 0 Å². The Morgan fingerprint density at radius 1 is 1.35 bits per heavy atom. The van der Waals surface area contributed by atoms with Gasteiger partial charge in [-0.25, -0.2) is 9.59 Å². The highest BCUT2D eigenvalue weighted by atomic mass is 79.9. The fourth-order valence-electron chi connectivity index (χ4n) is 1.40. The monoisotopic (exact) mass is 305 g/mol. The highest BCUT2D eigenvalue weighted by Crippen LogP contribution is 2.29. The molecule has 0 radical (unpaired) electrons. The number of halogens is 1. The van der Waals surface area contributed by atoms with Crippen LogP contribution in [0.25, 0.3) is 0 Å². The molecule has 5 nitrogen and oxygen atoms in total. The number of esters is 1. The smallest absolute Gasteiger partial charge is 0.415 e. The van der Waals surface area contributed by atoms with Crippen LogP contribution in [-0.2, 0) is 14.3 Å². The van der Waals surface area contributed by atoms with E-state index in [0.29, 0.717) is 17.4 Å². The average Bonchev–Trinajstić information content (AvgIpc) is 2.56. The number of nitrogens with zero attached hydrogens (tertiary/aromatic N) is 1. The highest BCUT2D eigenvalue weighted by molar-refractivity contribution is 9.11. The quantitative estimate of drug-likeness (QED) is 0.698. The first-order chi connectivity index (χ1) is 7.76. The molecule has 1 aliphatic heterocycles. The van der Waals surface area contributed by atoms with Crippen LogP contribution in [0.4, 0.5) is 4.79 Å². The van der Waals surface area contributed by atoms with E-state index in [9.17, 15) is 9.59 Å². The van der Waals surface area contributed by atoms with E-state index < -0.39 is 17.7 Å². The molecule has 0 aromatic heterocycles. The molecule has 0 spiro atoms. The number of carbonyl (C=O) groups excluding carboxylic acids is 2. The van der Waals surface area contributed by atoms with Crippen molar-refractivity contribution in [2.45, 2.75) is 32.8 Å². The van der Waals surface area contributed by atoms with Crippen LogP contribution in [0, 0.1) is 0 Å². The Labute approximate surface area is 109 Å². The average molecular weight is 306 g/mol. The third-order valence-corrected chi connectivity index (χ3v) is 2.85. The number of amides is 1. The second-order valence-corrected chi connectivity index (χ2v) is 5.58. The number of methoxy groups -OCH3 is 1. The Balaban J connectivity index is 2.86. The van der Waals surface area contributed by atoms with Gasteiger partial charge in [0.15, 0.2) is 0 Å². The summed E-state index contributed by atoms with van der Waals surface area (Å²) in [4.78, 5) is 24.7. The number of rotatable bonds is 1.